The molecule has 140 valence electrons. The smallest absolute Gasteiger partial charge is 0.247 e. The fourth-order valence-electron chi connectivity index (χ4n) is 3.29. The van der Waals surface area contributed by atoms with Crippen LogP contribution in [-0.4, -0.2) is 59.0 Å². The summed E-state index contributed by atoms with van der Waals surface area (Å²) in [6, 6.07) is 7.30. The van der Waals surface area contributed by atoms with Crippen LogP contribution in [0, 0.1) is 0 Å². The van der Waals surface area contributed by atoms with E-state index < -0.39 is 0 Å². The van der Waals surface area contributed by atoms with Crippen molar-refractivity contribution < 1.29 is 14.3 Å². The molecule has 1 aromatic rings. The molecule has 0 aromatic heterocycles. The fraction of sp³-hybridized carbons (Fsp3) is 0.500. The van der Waals surface area contributed by atoms with Gasteiger partial charge in [0, 0.05) is 24.9 Å². The van der Waals surface area contributed by atoms with E-state index in [0.29, 0.717) is 18.2 Å². The Labute approximate surface area is 159 Å². The molecule has 0 bridgehead atoms. The fourth-order valence-corrected chi connectivity index (χ4v) is 4.45. The van der Waals surface area contributed by atoms with Gasteiger partial charge in [-0.15, -0.1) is 11.8 Å². The number of benzene rings is 1. The third kappa shape index (κ3) is 4.61. The second-order valence-corrected chi connectivity index (χ2v) is 7.54. The van der Waals surface area contributed by atoms with E-state index in [9.17, 15) is 9.59 Å². The highest BCUT2D eigenvalue weighted by molar-refractivity contribution is 7.99. The summed E-state index contributed by atoms with van der Waals surface area (Å²) in [6.45, 7) is 4.23. The molecule has 0 spiro atoms. The first-order valence-electron chi connectivity index (χ1n) is 9.27. The van der Waals surface area contributed by atoms with E-state index in [0.717, 1.165) is 37.2 Å². The van der Waals surface area contributed by atoms with Crippen LogP contribution < -0.4 is 4.74 Å². The van der Waals surface area contributed by atoms with Gasteiger partial charge in [-0.25, -0.2) is 0 Å². The van der Waals surface area contributed by atoms with Crippen molar-refractivity contribution in [3.05, 3.63) is 35.9 Å². The second kappa shape index (κ2) is 9.12. The van der Waals surface area contributed by atoms with Crippen LogP contribution in [0.25, 0.3) is 6.08 Å². The number of carbonyl (C=O) groups is 2. The van der Waals surface area contributed by atoms with Gasteiger partial charge in [0.1, 0.15) is 11.8 Å². The Balaban J connectivity index is 1.61. The molecule has 2 aliphatic heterocycles. The van der Waals surface area contributed by atoms with E-state index in [1.165, 1.54) is 6.42 Å². The van der Waals surface area contributed by atoms with Gasteiger partial charge >= 0.3 is 0 Å². The molecule has 2 fully saturated rings. The molecule has 3 rings (SSSR count). The highest BCUT2D eigenvalue weighted by atomic mass is 32.2. The zero-order chi connectivity index (χ0) is 18.4. The lowest BCUT2D eigenvalue weighted by atomic mass is 10.1. The zero-order valence-corrected chi connectivity index (χ0v) is 16.0. The third-order valence-electron chi connectivity index (χ3n) is 4.73. The zero-order valence-electron chi connectivity index (χ0n) is 15.2. The number of piperidine rings is 1. The molecular weight excluding hydrogens is 348 g/mol. The van der Waals surface area contributed by atoms with Crippen LogP contribution >= 0.6 is 11.8 Å². The van der Waals surface area contributed by atoms with Crippen LogP contribution in [0.4, 0.5) is 0 Å². The van der Waals surface area contributed by atoms with E-state index >= 15 is 0 Å². The average Bonchev–Trinajstić information content (AvgIpc) is 3.17. The molecule has 0 aliphatic carbocycles. The molecule has 6 heteroatoms. The number of thioether (sulfide) groups is 1. The van der Waals surface area contributed by atoms with Gasteiger partial charge in [-0.3, -0.25) is 9.59 Å². The quantitative estimate of drug-likeness (QED) is 0.744. The van der Waals surface area contributed by atoms with Gasteiger partial charge in [0.2, 0.25) is 11.8 Å². The van der Waals surface area contributed by atoms with E-state index in [2.05, 4.69) is 0 Å². The summed E-state index contributed by atoms with van der Waals surface area (Å²) in [5.74, 6) is 2.10. The standard InChI is InChI=1S/C20H26N2O3S/c1-2-25-17-9-6-16(7-10-17)8-11-19(23)22-15-26-14-18(22)20(24)21-12-4-3-5-13-21/h6-11,18H,2-5,12-15H2,1H3/b11-8+/t18-/m1/s1. The molecular formula is C20H26N2O3S. The minimum absolute atomic E-state index is 0.0979. The number of hydrogen-bond donors (Lipinski definition) is 0. The first-order chi connectivity index (χ1) is 12.7. The Morgan fingerprint density at radius 1 is 1.19 bits per heavy atom. The van der Waals surface area contributed by atoms with Gasteiger partial charge in [-0.2, -0.15) is 0 Å². The van der Waals surface area contributed by atoms with Crippen molar-refractivity contribution in [3.8, 4) is 5.75 Å². The molecule has 2 heterocycles. The first kappa shape index (κ1) is 18.8. The maximum absolute atomic E-state index is 12.8. The molecule has 5 nitrogen and oxygen atoms in total. The van der Waals surface area contributed by atoms with Crippen molar-refractivity contribution in [2.45, 2.75) is 32.2 Å². The lowest BCUT2D eigenvalue weighted by Gasteiger charge is -2.31. The Morgan fingerprint density at radius 3 is 2.62 bits per heavy atom. The lowest BCUT2D eigenvalue weighted by molar-refractivity contribution is -0.141. The van der Waals surface area contributed by atoms with Crippen LogP contribution in [0.1, 0.15) is 31.7 Å². The summed E-state index contributed by atoms with van der Waals surface area (Å²) >= 11 is 1.65. The molecule has 26 heavy (non-hydrogen) atoms. The van der Waals surface area contributed by atoms with Crippen LogP contribution in [0.2, 0.25) is 0 Å². The van der Waals surface area contributed by atoms with Crippen LogP contribution in [-0.2, 0) is 9.59 Å². The van der Waals surface area contributed by atoms with Crippen molar-refractivity contribution in [2.24, 2.45) is 0 Å². The van der Waals surface area contributed by atoms with Gasteiger partial charge in [0.05, 0.1) is 12.5 Å². The molecule has 1 atom stereocenters. The van der Waals surface area contributed by atoms with Gasteiger partial charge in [0.25, 0.3) is 0 Å². The van der Waals surface area contributed by atoms with Crippen LogP contribution in [0.5, 0.6) is 5.75 Å². The minimum Gasteiger partial charge on any atom is -0.494 e. The normalized spacial score (nSPS) is 20.6. The Kier molecular flexibility index (Phi) is 6.61. The Bertz CT molecular complexity index is 654. The number of amides is 2. The first-order valence-corrected chi connectivity index (χ1v) is 10.4. The summed E-state index contributed by atoms with van der Waals surface area (Å²) in [5.41, 5.74) is 0.938. The van der Waals surface area contributed by atoms with Gasteiger partial charge < -0.3 is 14.5 Å². The Morgan fingerprint density at radius 2 is 1.92 bits per heavy atom. The van der Waals surface area contributed by atoms with Crippen molar-refractivity contribution in [1.82, 2.24) is 9.80 Å². The monoisotopic (exact) mass is 374 g/mol. The molecule has 2 saturated heterocycles. The highest BCUT2D eigenvalue weighted by Crippen LogP contribution is 2.24. The van der Waals surface area contributed by atoms with E-state index in [4.69, 9.17) is 4.74 Å². The largest absolute Gasteiger partial charge is 0.494 e. The molecule has 0 radical (unpaired) electrons. The molecule has 1 aromatic carbocycles. The predicted molar refractivity (Wildman–Crippen MR) is 105 cm³/mol. The number of hydrogen-bond acceptors (Lipinski definition) is 4. The maximum Gasteiger partial charge on any atom is 0.247 e. The summed E-state index contributed by atoms with van der Waals surface area (Å²) in [6.07, 6.45) is 6.69. The third-order valence-corrected chi connectivity index (χ3v) is 5.74. The van der Waals surface area contributed by atoms with Gasteiger partial charge in [-0.05, 0) is 50.0 Å². The number of carbonyl (C=O) groups excluding carboxylic acids is 2. The van der Waals surface area contributed by atoms with Gasteiger partial charge in [0.15, 0.2) is 0 Å². The topological polar surface area (TPSA) is 49.9 Å². The van der Waals surface area contributed by atoms with Gasteiger partial charge in [-0.1, -0.05) is 12.1 Å². The predicted octanol–water partition coefficient (Wildman–Crippen LogP) is 3.01. The molecule has 0 unspecified atom stereocenters. The molecule has 2 aliphatic rings. The average molecular weight is 375 g/mol. The molecule has 0 N–H and O–H groups in total. The number of likely N-dealkylation sites (tertiary alicyclic amines) is 1. The minimum atomic E-state index is -0.324. The number of ether oxygens (including phenoxy) is 1. The second-order valence-electron chi connectivity index (χ2n) is 6.55. The van der Waals surface area contributed by atoms with Crippen LogP contribution in [0.15, 0.2) is 30.3 Å². The summed E-state index contributed by atoms with van der Waals surface area (Å²) in [5, 5.41) is 0. The van der Waals surface area contributed by atoms with Crippen molar-refractivity contribution in [2.75, 3.05) is 31.3 Å². The molecule has 0 saturated carbocycles. The van der Waals surface area contributed by atoms with E-state index in [-0.39, 0.29) is 17.9 Å². The summed E-state index contributed by atoms with van der Waals surface area (Å²) in [7, 11) is 0. The SMILES string of the molecule is CCOc1ccc(/C=C/C(=O)N2CSC[C@@H]2C(=O)N2CCCCC2)cc1. The number of nitrogens with zero attached hydrogens (tertiary/aromatic N) is 2. The maximum atomic E-state index is 12.8. The van der Waals surface area contributed by atoms with Crippen molar-refractivity contribution in [3.63, 3.8) is 0 Å². The summed E-state index contributed by atoms with van der Waals surface area (Å²) in [4.78, 5) is 29.0. The van der Waals surface area contributed by atoms with E-state index in [1.54, 1.807) is 28.8 Å². The lowest BCUT2D eigenvalue weighted by Crippen LogP contribution is -2.50. The van der Waals surface area contributed by atoms with Crippen LogP contribution in [0.3, 0.4) is 0 Å². The van der Waals surface area contributed by atoms with Crippen molar-refractivity contribution in [1.29, 1.82) is 0 Å². The highest BCUT2D eigenvalue weighted by Gasteiger charge is 2.36. The number of rotatable bonds is 5. The van der Waals surface area contributed by atoms with E-state index in [1.807, 2.05) is 36.1 Å². The summed E-state index contributed by atoms with van der Waals surface area (Å²) < 4.78 is 5.42. The van der Waals surface area contributed by atoms with Crippen molar-refractivity contribution >= 4 is 29.7 Å². The Hall–Kier alpha value is -1.95. The molecule has 2 amide bonds.